The van der Waals surface area contributed by atoms with Crippen molar-refractivity contribution in [1.29, 1.82) is 0 Å². The summed E-state index contributed by atoms with van der Waals surface area (Å²) in [5, 5.41) is 25.6. The van der Waals surface area contributed by atoms with Crippen LogP contribution in [-0.4, -0.2) is 34.6 Å². The second-order valence-corrected chi connectivity index (χ2v) is 6.29. The Morgan fingerprint density at radius 1 is 1.20 bits per heavy atom. The molecule has 1 atom stereocenters. The van der Waals surface area contributed by atoms with Crippen LogP contribution in [0.5, 0.6) is 5.75 Å². The van der Waals surface area contributed by atoms with Crippen molar-refractivity contribution in [2.24, 2.45) is 0 Å². The smallest absolute Gasteiger partial charge is 0.423 e. The lowest BCUT2D eigenvalue weighted by atomic mass is 10.1. The van der Waals surface area contributed by atoms with Crippen molar-refractivity contribution in [2.75, 3.05) is 17.2 Å². The van der Waals surface area contributed by atoms with Gasteiger partial charge in [0, 0.05) is 17.4 Å². The van der Waals surface area contributed by atoms with Crippen LogP contribution >= 0.6 is 0 Å². The number of anilines is 2. The molecular weight excluding hydrogens is 411 g/mol. The highest BCUT2D eigenvalue weighted by atomic mass is 19.4. The molecule has 0 bridgehead atoms. The molecule has 30 heavy (non-hydrogen) atoms. The van der Waals surface area contributed by atoms with Crippen LogP contribution in [0, 0.1) is 10.1 Å². The van der Waals surface area contributed by atoms with Gasteiger partial charge < -0.3 is 20.5 Å². The molecule has 2 amide bonds. The Bertz CT molecular complexity index is 945. The number of carbonyl (C=O) groups excluding carboxylic acids is 2. The Morgan fingerprint density at radius 3 is 2.33 bits per heavy atom. The highest BCUT2D eigenvalue weighted by Crippen LogP contribution is 2.37. The minimum Gasteiger partial charge on any atom is -0.490 e. The summed E-state index contributed by atoms with van der Waals surface area (Å²) in [6.07, 6.45) is -4.53. The molecule has 0 aliphatic carbocycles. The van der Waals surface area contributed by atoms with Crippen molar-refractivity contribution in [1.82, 2.24) is 0 Å². The second kappa shape index (κ2) is 8.78. The highest BCUT2D eigenvalue weighted by Gasteiger charge is 2.39. The molecule has 3 N–H and O–H groups in total. The number of nitrogens with one attached hydrogen (secondary N) is 2. The van der Waals surface area contributed by atoms with Gasteiger partial charge in [-0.1, -0.05) is 0 Å². The lowest BCUT2D eigenvalue weighted by Gasteiger charge is -2.23. The molecule has 9 nitrogen and oxygen atoms in total. The molecule has 0 spiro atoms. The molecule has 1 unspecified atom stereocenters. The number of amides is 2. The SMILES string of the molecule is CC(O)(COc1ccc(NC=O)cc1)C(=O)Nc1ccc([N+](=O)[O-])c(C(F)(F)F)c1. The maximum absolute atomic E-state index is 13.0. The number of benzene rings is 2. The van der Waals surface area contributed by atoms with Crippen LogP contribution in [0.2, 0.25) is 0 Å². The lowest BCUT2D eigenvalue weighted by Crippen LogP contribution is -2.45. The number of hydrogen-bond acceptors (Lipinski definition) is 6. The lowest BCUT2D eigenvalue weighted by molar-refractivity contribution is -0.388. The van der Waals surface area contributed by atoms with Crippen LogP contribution in [0.4, 0.5) is 30.2 Å². The average molecular weight is 427 g/mol. The Labute approximate surface area is 167 Å². The average Bonchev–Trinajstić information content (AvgIpc) is 2.67. The monoisotopic (exact) mass is 427 g/mol. The number of halogens is 3. The zero-order valence-electron chi connectivity index (χ0n) is 15.4. The number of aliphatic hydroxyl groups is 1. The first-order valence-corrected chi connectivity index (χ1v) is 8.26. The third-order valence-electron chi connectivity index (χ3n) is 3.85. The van der Waals surface area contributed by atoms with E-state index in [4.69, 9.17) is 4.74 Å². The quantitative estimate of drug-likeness (QED) is 0.337. The number of nitro groups is 1. The van der Waals surface area contributed by atoms with Gasteiger partial charge in [0.2, 0.25) is 6.41 Å². The van der Waals surface area contributed by atoms with Crippen molar-refractivity contribution >= 4 is 29.4 Å². The van der Waals surface area contributed by atoms with E-state index < -0.39 is 40.5 Å². The molecule has 0 aliphatic heterocycles. The molecule has 0 saturated heterocycles. The van der Waals surface area contributed by atoms with Gasteiger partial charge in [0.25, 0.3) is 11.6 Å². The fourth-order valence-electron chi connectivity index (χ4n) is 2.27. The molecule has 0 fully saturated rings. The topological polar surface area (TPSA) is 131 Å². The van der Waals surface area contributed by atoms with E-state index in [1.165, 1.54) is 24.3 Å². The Hall–Kier alpha value is -3.67. The maximum Gasteiger partial charge on any atom is 0.423 e. The molecule has 12 heteroatoms. The molecule has 2 aromatic carbocycles. The van der Waals surface area contributed by atoms with E-state index >= 15 is 0 Å². The first-order chi connectivity index (χ1) is 13.9. The van der Waals surface area contributed by atoms with Crippen LogP contribution in [0.25, 0.3) is 0 Å². The standard InChI is InChI=1S/C18H16F3N3O6/c1-17(27,9-30-13-5-2-11(3-6-13)22-10-25)16(26)23-12-4-7-15(24(28)29)14(8-12)18(19,20)21/h2-8,10,27H,9H2,1H3,(H,22,25)(H,23,26). The van der Waals surface area contributed by atoms with Crippen LogP contribution in [0.1, 0.15) is 12.5 Å². The molecule has 0 heterocycles. The van der Waals surface area contributed by atoms with Crippen molar-refractivity contribution in [2.45, 2.75) is 18.7 Å². The van der Waals surface area contributed by atoms with E-state index in [2.05, 4.69) is 10.6 Å². The van der Waals surface area contributed by atoms with Gasteiger partial charge >= 0.3 is 6.18 Å². The summed E-state index contributed by atoms with van der Waals surface area (Å²) < 4.78 is 44.4. The number of rotatable bonds is 8. The minimum absolute atomic E-state index is 0.259. The van der Waals surface area contributed by atoms with Gasteiger partial charge in [0.1, 0.15) is 17.9 Å². The predicted molar refractivity (Wildman–Crippen MR) is 99.0 cm³/mol. The third-order valence-corrected chi connectivity index (χ3v) is 3.85. The molecule has 0 aliphatic rings. The molecule has 160 valence electrons. The van der Waals surface area contributed by atoms with Gasteiger partial charge in [-0.15, -0.1) is 0 Å². The van der Waals surface area contributed by atoms with Gasteiger partial charge in [-0.05, 0) is 43.3 Å². The van der Waals surface area contributed by atoms with Gasteiger partial charge in [-0.2, -0.15) is 13.2 Å². The molecule has 2 rings (SSSR count). The van der Waals surface area contributed by atoms with E-state index in [1.807, 2.05) is 0 Å². The number of alkyl halides is 3. The van der Waals surface area contributed by atoms with E-state index in [0.717, 1.165) is 13.0 Å². The first kappa shape index (κ1) is 22.6. The Balaban J connectivity index is 2.10. The normalized spacial score (nSPS) is 13.1. The second-order valence-electron chi connectivity index (χ2n) is 6.29. The number of ether oxygens (including phenoxy) is 1. The Kier molecular flexibility index (Phi) is 6.62. The van der Waals surface area contributed by atoms with E-state index in [1.54, 1.807) is 0 Å². The van der Waals surface area contributed by atoms with Gasteiger partial charge in [0.15, 0.2) is 5.60 Å². The zero-order chi connectivity index (χ0) is 22.5. The molecule has 0 saturated carbocycles. The summed E-state index contributed by atoms with van der Waals surface area (Å²) in [6, 6.07) is 7.88. The summed E-state index contributed by atoms with van der Waals surface area (Å²) in [6.45, 7) is 0.541. The summed E-state index contributed by atoms with van der Waals surface area (Å²) in [5.41, 5.74) is -4.74. The minimum atomic E-state index is -5.01. The number of nitro benzene ring substituents is 1. The highest BCUT2D eigenvalue weighted by molar-refractivity contribution is 5.97. The summed E-state index contributed by atoms with van der Waals surface area (Å²) in [5.74, 6) is -0.821. The summed E-state index contributed by atoms with van der Waals surface area (Å²) in [4.78, 5) is 32.2. The van der Waals surface area contributed by atoms with Crippen LogP contribution in [-0.2, 0) is 15.8 Å². The van der Waals surface area contributed by atoms with Crippen molar-refractivity contribution < 1.29 is 37.5 Å². The fraction of sp³-hybridized carbons (Fsp3) is 0.222. The fourth-order valence-corrected chi connectivity index (χ4v) is 2.27. The van der Waals surface area contributed by atoms with E-state index in [-0.39, 0.29) is 11.4 Å². The summed E-state index contributed by atoms with van der Waals surface area (Å²) >= 11 is 0. The summed E-state index contributed by atoms with van der Waals surface area (Å²) in [7, 11) is 0. The van der Waals surface area contributed by atoms with Gasteiger partial charge in [0.05, 0.1) is 4.92 Å². The van der Waals surface area contributed by atoms with E-state index in [9.17, 15) is 38.0 Å². The maximum atomic E-state index is 13.0. The van der Waals surface area contributed by atoms with Gasteiger partial charge in [-0.25, -0.2) is 0 Å². The number of nitrogens with zero attached hydrogens (tertiary/aromatic N) is 1. The molecular formula is C18H16F3N3O6. The number of carbonyl (C=O) groups is 2. The largest absolute Gasteiger partial charge is 0.490 e. The van der Waals surface area contributed by atoms with E-state index in [0.29, 0.717) is 24.2 Å². The zero-order valence-corrected chi connectivity index (χ0v) is 15.4. The Morgan fingerprint density at radius 2 is 1.80 bits per heavy atom. The molecule has 0 radical (unpaired) electrons. The predicted octanol–water partition coefficient (Wildman–Crippen LogP) is 2.95. The van der Waals surface area contributed by atoms with Crippen LogP contribution in [0.15, 0.2) is 42.5 Å². The van der Waals surface area contributed by atoms with Gasteiger partial charge in [-0.3, -0.25) is 19.7 Å². The molecule has 0 aromatic heterocycles. The van der Waals surface area contributed by atoms with Crippen molar-refractivity contribution in [3.63, 3.8) is 0 Å². The van der Waals surface area contributed by atoms with Crippen molar-refractivity contribution in [3.05, 3.63) is 58.1 Å². The molecule has 2 aromatic rings. The third kappa shape index (κ3) is 5.67. The van der Waals surface area contributed by atoms with Crippen molar-refractivity contribution in [3.8, 4) is 5.75 Å². The van der Waals surface area contributed by atoms with Crippen LogP contribution in [0.3, 0.4) is 0 Å². The number of hydrogen-bond donors (Lipinski definition) is 3. The van der Waals surface area contributed by atoms with Crippen LogP contribution < -0.4 is 15.4 Å². The first-order valence-electron chi connectivity index (χ1n) is 8.26.